The van der Waals surface area contributed by atoms with Gasteiger partial charge in [-0.05, 0) is 43.7 Å². The Bertz CT molecular complexity index is 299. The van der Waals surface area contributed by atoms with Gasteiger partial charge in [0, 0.05) is 6.04 Å². The maximum atomic E-state index is 9.30. The van der Waals surface area contributed by atoms with Gasteiger partial charge in [-0.1, -0.05) is 30.3 Å². The Morgan fingerprint density at radius 3 is 2.81 bits per heavy atom. The standard InChI is InChI=1S/C14H21NO/c16-11-14-13(7-4-10-15-14)9-8-12-5-2-1-3-6-12/h1-3,5-6,13-16H,4,7-11H2. The van der Waals surface area contributed by atoms with E-state index < -0.39 is 0 Å². The molecule has 0 aliphatic carbocycles. The molecule has 2 N–H and O–H groups in total. The van der Waals surface area contributed by atoms with Crippen LogP contribution in [0.5, 0.6) is 0 Å². The molecule has 0 aromatic heterocycles. The Labute approximate surface area is 97.7 Å². The zero-order valence-corrected chi connectivity index (χ0v) is 9.73. The molecule has 1 heterocycles. The second-order valence-electron chi connectivity index (χ2n) is 4.67. The van der Waals surface area contributed by atoms with Crippen LogP contribution in [0.25, 0.3) is 0 Å². The van der Waals surface area contributed by atoms with E-state index in [2.05, 4.69) is 35.6 Å². The lowest BCUT2D eigenvalue weighted by Gasteiger charge is -2.31. The molecule has 1 fully saturated rings. The number of aryl methyl sites for hydroxylation is 1. The van der Waals surface area contributed by atoms with Gasteiger partial charge in [0.15, 0.2) is 0 Å². The summed E-state index contributed by atoms with van der Waals surface area (Å²) < 4.78 is 0. The first-order valence-corrected chi connectivity index (χ1v) is 6.28. The highest BCUT2D eigenvalue weighted by molar-refractivity contribution is 5.14. The fourth-order valence-corrected chi connectivity index (χ4v) is 2.58. The Kier molecular flexibility index (Phi) is 4.37. The van der Waals surface area contributed by atoms with Gasteiger partial charge in [-0.15, -0.1) is 0 Å². The van der Waals surface area contributed by atoms with Crippen LogP contribution < -0.4 is 5.32 Å². The molecule has 88 valence electrons. The van der Waals surface area contributed by atoms with Crippen LogP contribution in [0.15, 0.2) is 30.3 Å². The molecule has 16 heavy (non-hydrogen) atoms. The number of rotatable bonds is 4. The van der Waals surface area contributed by atoms with E-state index in [4.69, 9.17) is 0 Å². The Hall–Kier alpha value is -0.860. The lowest BCUT2D eigenvalue weighted by Crippen LogP contribution is -2.43. The van der Waals surface area contributed by atoms with Gasteiger partial charge in [-0.3, -0.25) is 0 Å². The van der Waals surface area contributed by atoms with Crippen LogP contribution in [-0.4, -0.2) is 24.3 Å². The fourth-order valence-electron chi connectivity index (χ4n) is 2.58. The van der Waals surface area contributed by atoms with Crippen molar-refractivity contribution in [1.82, 2.24) is 5.32 Å². The van der Waals surface area contributed by atoms with Crippen molar-refractivity contribution < 1.29 is 5.11 Å². The lowest BCUT2D eigenvalue weighted by atomic mass is 9.86. The highest BCUT2D eigenvalue weighted by Gasteiger charge is 2.23. The summed E-state index contributed by atoms with van der Waals surface area (Å²) in [6, 6.07) is 10.9. The van der Waals surface area contributed by atoms with E-state index in [1.54, 1.807) is 0 Å². The maximum absolute atomic E-state index is 9.30. The summed E-state index contributed by atoms with van der Waals surface area (Å²) in [7, 11) is 0. The van der Waals surface area contributed by atoms with Crippen molar-refractivity contribution in [3.8, 4) is 0 Å². The van der Waals surface area contributed by atoms with Gasteiger partial charge >= 0.3 is 0 Å². The first kappa shape index (κ1) is 11.6. The zero-order chi connectivity index (χ0) is 11.2. The van der Waals surface area contributed by atoms with Crippen molar-refractivity contribution in [2.24, 2.45) is 5.92 Å². The average molecular weight is 219 g/mol. The van der Waals surface area contributed by atoms with Crippen molar-refractivity contribution in [1.29, 1.82) is 0 Å². The minimum atomic E-state index is 0.277. The SMILES string of the molecule is OCC1NCCCC1CCc1ccccc1. The first-order valence-electron chi connectivity index (χ1n) is 6.28. The van der Waals surface area contributed by atoms with Crippen molar-refractivity contribution in [2.75, 3.05) is 13.2 Å². The third-order valence-corrected chi connectivity index (χ3v) is 3.57. The number of aliphatic hydroxyl groups is 1. The fraction of sp³-hybridized carbons (Fsp3) is 0.571. The molecule has 1 aromatic carbocycles. The molecule has 0 amide bonds. The van der Waals surface area contributed by atoms with Crippen molar-refractivity contribution >= 4 is 0 Å². The summed E-state index contributed by atoms with van der Waals surface area (Å²) in [6.07, 6.45) is 4.81. The van der Waals surface area contributed by atoms with E-state index in [1.807, 2.05) is 0 Å². The van der Waals surface area contributed by atoms with Crippen LogP contribution in [0.4, 0.5) is 0 Å². The minimum absolute atomic E-state index is 0.277. The molecule has 2 atom stereocenters. The molecule has 2 unspecified atom stereocenters. The Morgan fingerprint density at radius 1 is 1.25 bits per heavy atom. The van der Waals surface area contributed by atoms with Gasteiger partial charge in [0.1, 0.15) is 0 Å². The molecular weight excluding hydrogens is 198 g/mol. The van der Waals surface area contributed by atoms with Gasteiger partial charge in [0.25, 0.3) is 0 Å². The lowest BCUT2D eigenvalue weighted by molar-refractivity contribution is 0.165. The van der Waals surface area contributed by atoms with Crippen LogP contribution in [0, 0.1) is 5.92 Å². The van der Waals surface area contributed by atoms with E-state index in [0.717, 1.165) is 13.0 Å². The number of hydrogen-bond acceptors (Lipinski definition) is 2. The number of hydrogen-bond donors (Lipinski definition) is 2. The predicted octanol–water partition coefficient (Wildman–Crippen LogP) is 1.98. The zero-order valence-electron chi connectivity index (χ0n) is 9.73. The molecule has 0 radical (unpaired) electrons. The molecule has 0 spiro atoms. The third-order valence-electron chi connectivity index (χ3n) is 3.57. The van der Waals surface area contributed by atoms with Crippen LogP contribution in [-0.2, 0) is 6.42 Å². The largest absolute Gasteiger partial charge is 0.395 e. The number of nitrogens with one attached hydrogen (secondary N) is 1. The van der Waals surface area contributed by atoms with Crippen LogP contribution in [0.2, 0.25) is 0 Å². The van der Waals surface area contributed by atoms with Crippen molar-refractivity contribution in [3.63, 3.8) is 0 Å². The van der Waals surface area contributed by atoms with Gasteiger partial charge in [-0.25, -0.2) is 0 Å². The molecule has 1 aromatic rings. The van der Waals surface area contributed by atoms with E-state index in [0.29, 0.717) is 12.0 Å². The molecule has 2 heteroatoms. The summed E-state index contributed by atoms with van der Waals surface area (Å²) in [5.41, 5.74) is 1.41. The van der Waals surface area contributed by atoms with Crippen LogP contribution in [0.1, 0.15) is 24.8 Å². The monoisotopic (exact) mass is 219 g/mol. The first-order chi connectivity index (χ1) is 7.90. The van der Waals surface area contributed by atoms with Crippen LogP contribution in [0.3, 0.4) is 0 Å². The molecule has 0 saturated carbocycles. The van der Waals surface area contributed by atoms with Crippen molar-refractivity contribution in [2.45, 2.75) is 31.7 Å². The second kappa shape index (κ2) is 6.02. The van der Waals surface area contributed by atoms with E-state index in [-0.39, 0.29) is 6.61 Å². The summed E-state index contributed by atoms with van der Waals surface area (Å²) >= 11 is 0. The minimum Gasteiger partial charge on any atom is -0.395 e. The van der Waals surface area contributed by atoms with E-state index in [9.17, 15) is 5.11 Å². The van der Waals surface area contributed by atoms with Crippen molar-refractivity contribution in [3.05, 3.63) is 35.9 Å². The molecule has 1 aliphatic rings. The quantitative estimate of drug-likeness (QED) is 0.811. The van der Waals surface area contributed by atoms with E-state index >= 15 is 0 Å². The maximum Gasteiger partial charge on any atom is 0.0587 e. The topological polar surface area (TPSA) is 32.3 Å². The Morgan fingerprint density at radius 2 is 2.06 bits per heavy atom. The van der Waals surface area contributed by atoms with Gasteiger partial charge in [0.2, 0.25) is 0 Å². The number of benzene rings is 1. The normalized spacial score (nSPS) is 25.6. The summed E-state index contributed by atoms with van der Waals surface area (Å²) in [5, 5.41) is 12.7. The molecule has 2 nitrogen and oxygen atoms in total. The highest BCUT2D eigenvalue weighted by Crippen LogP contribution is 2.21. The Balaban J connectivity index is 1.84. The number of aliphatic hydroxyl groups excluding tert-OH is 1. The highest BCUT2D eigenvalue weighted by atomic mass is 16.3. The van der Waals surface area contributed by atoms with Crippen LogP contribution >= 0.6 is 0 Å². The van der Waals surface area contributed by atoms with E-state index in [1.165, 1.54) is 24.8 Å². The number of piperidine rings is 1. The third kappa shape index (κ3) is 3.06. The molecule has 0 bridgehead atoms. The molecular formula is C14H21NO. The summed E-state index contributed by atoms with van der Waals surface area (Å²) in [4.78, 5) is 0. The summed E-state index contributed by atoms with van der Waals surface area (Å²) in [6.45, 7) is 1.34. The molecule has 1 aliphatic heterocycles. The smallest absolute Gasteiger partial charge is 0.0587 e. The predicted molar refractivity (Wildman–Crippen MR) is 66.4 cm³/mol. The van der Waals surface area contributed by atoms with Gasteiger partial charge < -0.3 is 10.4 Å². The molecule has 2 rings (SSSR count). The van der Waals surface area contributed by atoms with Gasteiger partial charge in [0.05, 0.1) is 6.61 Å². The second-order valence-corrected chi connectivity index (χ2v) is 4.67. The van der Waals surface area contributed by atoms with Gasteiger partial charge in [-0.2, -0.15) is 0 Å². The molecule has 1 saturated heterocycles. The average Bonchev–Trinajstić information content (AvgIpc) is 2.38. The summed E-state index contributed by atoms with van der Waals surface area (Å²) in [5.74, 6) is 0.638.